The summed E-state index contributed by atoms with van der Waals surface area (Å²) >= 11 is 1.50. The molecule has 0 saturated carbocycles. The molecule has 1 aliphatic rings. The van der Waals surface area contributed by atoms with Crippen LogP contribution in [0, 0.1) is 12.8 Å². The van der Waals surface area contributed by atoms with Crippen LogP contribution >= 0.6 is 11.3 Å². The number of anilines is 1. The Morgan fingerprint density at radius 3 is 2.67 bits per heavy atom. The highest BCUT2D eigenvalue weighted by atomic mass is 32.1. The standard InChI is InChI=1S/C19H22N2O2S/c1-11-3-6-13(7-4-11)10-16(22)21-19-17(18(20)23)14-8-5-12(2)9-15(14)24-19/h3-4,6-7,12H,5,8-10H2,1-2H3,(H2,20,23)(H,21,22)/t12-/m0/s1. The molecule has 0 radical (unpaired) electrons. The van der Waals surface area contributed by atoms with Crippen LogP contribution in [0.15, 0.2) is 24.3 Å². The van der Waals surface area contributed by atoms with Crippen molar-refractivity contribution < 1.29 is 9.59 Å². The lowest BCUT2D eigenvalue weighted by molar-refractivity contribution is -0.115. The van der Waals surface area contributed by atoms with Crippen molar-refractivity contribution in [2.75, 3.05) is 5.32 Å². The minimum Gasteiger partial charge on any atom is -0.365 e. The van der Waals surface area contributed by atoms with E-state index in [4.69, 9.17) is 5.73 Å². The third-order valence-corrected chi connectivity index (χ3v) is 5.67. The molecule has 1 aliphatic carbocycles. The predicted octanol–water partition coefficient (Wildman–Crippen LogP) is 3.46. The zero-order valence-corrected chi connectivity index (χ0v) is 14.8. The summed E-state index contributed by atoms with van der Waals surface area (Å²) in [5.74, 6) is 0.0358. The van der Waals surface area contributed by atoms with Gasteiger partial charge in [-0.25, -0.2) is 0 Å². The van der Waals surface area contributed by atoms with Crippen molar-refractivity contribution in [2.45, 2.75) is 39.5 Å². The first-order valence-corrected chi connectivity index (χ1v) is 9.05. The van der Waals surface area contributed by atoms with E-state index in [0.717, 1.165) is 36.0 Å². The lowest BCUT2D eigenvalue weighted by Crippen LogP contribution is -2.20. The minimum absolute atomic E-state index is 0.118. The van der Waals surface area contributed by atoms with E-state index >= 15 is 0 Å². The number of nitrogens with one attached hydrogen (secondary N) is 1. The first kappa shape index (κ1) is 16.7. The number of primary amides is 1. The SMILES string of the molecule is Cc1ccc(CC(=O)Nc2sc3c(c2C(N)=O)CC[C@H](C)C3)cc1. The van der Waals surface area contributed by atoms with Gasteiger partial charge in [0.15, 0.2) is 0 Å². The number of nitrogens with two attached hydrogens (primary N) is 1. The molecule has 126 valence electrons. The summed E-state index contributed by atoms with van der Waals surface area (Å²) in [4.78, 5) is 25.4. The Hall–Kier alpha value is -2.14. The summed E-state index contributed by atoms with van der Waals surface area (Å²) in [6.07, 6.45) is 3.16. The Labute approximate surface area is 146 Å². The molecular weight excluding hydrogens is 320 g/mol. The Kier molecular flexibility index (Phi) is 4.71. The molecule has 4 nitrogen and oxygen atoms in total. The predicted molar refractivity (Wildman–Crippen MR) is 97.5 cm³/mol. The fourth-order valence-electron chi connectivity index (χ4n) is 3.16. The second-order valence-corrected chi connectivity index (χ2v) is 7.74. The highest BCUT2D eigenvalue weighted by molar-refractivity contribution is 7.17. The van der Waals surface area contributed by atoms with E-state index in [9.17, 15) is 9.59 Å². The van der Waals surface area contributed by atoms with Gasteiger partial charge in [0.25, 0.3) is 5.91 Å². The van der Waals surface area contributed by atoms with Crippen LogP contribution in [-0.2, 0) is 24.1 Å². The number of hydrogen-bond acceptors (Lipinski definition) is 3. The molecule has 0 bridgehead atoms. The molecule has 0 unspecified atom stereocenters. The molecule has 0 fully saturated rings. The van der Waals surface area contributed by atoms with Crippen LogP contribution in [0.3, 0.4) is 0 Å². The van der Waals surface area contributed by atoms with Gasteiger partial charge in [-0.2, -0.15) is 0 Å². The third kappa shape index (κ3) is 3.51. The van der Waals surface area contributed by atoms with E-state index in [0.29, 0.717) is 16.5 Å². The molecule has 3 N–H and O–H groups in total. The van der Waals surface area contributed by atoms with E-state index in [1.807, 2.05) is 31.2 Å². The quantitative estimate of drug-likeness (QED) is 0.893. The van der Waals surface area contributed by atoms with Crippen LogP contribution in [-0.4, -0.2) is 11.8 Å². The van der Waals surface area contributed by atoms with Crippen LogP contribution in [0.1, 0.15) is 45.3 Å². The molecule has 1 aromatic carbocycles. The number of rotatable bonds is 4. The molecular formula is C19H22N2O2S. The van der Waals surface area contributed by atoms with E-state index in [2.05, 4.69) is 12.2 Å². The maximum atomic E-state index is 12.4. The number of amides is 2. The van der Waals surface area contributed by atoms with Gasteiger partial charge in [0.1, 0.15) is 5.00 Å². The Balaban J connectivity index is 1.80. The zero-order valence-electron chi connectivity index (χ0n) is 14.0. The van der Waals surface area contributed by atoms with Crippen molar-refractivity contribution in [3.05, 3.63) is 51.4 Å². The minimum atomic E-state index is -0.451. The van der Waals surface area contributed by atoms with E-state index in [1.165, 1.54) is 16.2 Å². The Bertz CT molecular complexity index is 777. The topological polar surface area (TPSA) is 72.2 Å². The largest absolute Gasteiger partial charge is 0.365 e. The van der Waals surface area contributed by atoms with Gasteiger partial charge in [0.2, 0.25) is 5.91 Å². The maximum absolute atomic E-state index is 12.4. The number of aryl methyl sites for hydroxylation is 1. The molecule has 5 heteroatoms. The second-order valence-electron chi connectivity index (χ2n) is 6.63. The van der Waals surface area contributed by atoms with Gasteiger partial charge in [0, 0.05) is 4.88 Å². The smallest absolute Gasteiger partial charge is 0.251 e. The summed E-state index contributed by atoms with van der Waals surface area (Å²) in [6.45, 7) is 4.22. The summed E-state index contributed by atoms with van der Waals surface area (Å²) in [5, 5.41) is 3.52. The molecule has 1 atom stereocenters. The fourth-order valence-corrected chi connectivity index (χ4v) is 4.59. The van der Waals surface area contributed by atoms with Gasteiger partial charge < -0.3 is 11.1 Å². The molecule has 0 saturated heterocycles. The van der Waals surface area contributed by atoms with E-state index in [1.54, 1.807) is 0 Å². The van der Waals surface area contributed by atoms with Crippen LogP contribution in [0.5, 0.6) is 0 Å². The molecule has 1 heterocycles. The first-order chi connectivity index (χ1) is 11.4. The van der Waals surface area contributed by atoms with E-state index < -0.39 is 5.91 Å². The monoisotopic (exact) mass is 342 g/mol. The lowest BCUT2D eigenvalue weighted by Gasteiger charge is -2.18. The summed E-state index contributed by atoms with van der Waals surface area (Å²) < 4.78 is 0. The van der Waals surface area contributed by atoms with Gasteiger partial charge >= 0.3 is 0 Å². The van der Waals surface area contributed by atoms with Gasteiger partial charge in [-0.05, 0) is 43.2 Å². The maximum Gasteiger partial charge on any atom is 0.251 e. The molecule has 0 aliphatic heterocycles. The number of thiophene rings is 1. The molecule has 3 rings (SSSR count). The number of carbonyl (C=O) groups is 2. The zero-order chi connectivity index (χ0) is 17.3. The fraction of sp³-hybridized carbons (Fsp3) is 0.368. The van der Waals surface area contributed by atoms with Crippen molar-refractivity contribution in [2.24, 2.45) is 11.7 Å². The highest BCUT2D eigenvalue weighted by Crippen LogP contribution is 2.39. The molecule has 1 aromatic heterocycles. The summed E-state index contributed by atoms with van der Waals surface area (Å²) in [7, 11) is 0. The van der Waals surface area contributed by atoms with Crippen molar-refractivity contribution in [1.82, 2.24) is 0 Å². The van der Waals surface area contributed by atoms with Crippen LogP contribution in [0.4, 0.5) is 5.00 Å². The molecule has 2 amide bonds. The van der Waals surface area contributed by atoms with Gasteiger partial charge in [0.05, 0.1) is 12.0 Å². The van der Waals surface area contributed by atoms with Crippen LogP contribution < -0.4 is 11.1 Å². The third-order valence-electron chi connectivity index (χ3n) is 4.50. The molecule has 0 spiro atoms. The van der Waals surface area contributed by atoms with Crippen molar-refractivity contribution in [1.29, 1.82) is 0 Å². The second kappa shape index (κ2) is 6.77. The van der Waals surface area contributed by atoms with Gasteiger partial charge in [-0.3, -0.25) is 9.59 Å². The van der Waals surface area contributed by atoms with Crippen LogP contribution in [0.2, 0.25) is 0 Å². The average molecular weight is 342 g/mol. The molecule has 24 heavy (non-hydrogen) atoms. The Morgan fingerprint density at radius 1 is 1.29 bits per heavy atom. The summed E-state index contributed by atoms with van der Waals surface area (Å²) in [6, 6.07) is 7.88. The van der Waals surface area contributed by atoms with E-state index in [-0.39, 0.29) is 12.3 Å². The number of benzene rings is 1. The number of fused-ring (bicyclic) bond motifs is 1. The normalized spacial score (nSPS) is 16.5. The average Bonchev–Trinajstić information content (AvgIpc) is 2.86. The van der Waals surface area contributed by atoms with Crippen LogP contribution in [0.25, 0.3) is 0 Å². The van der Waals surface area contributed by atoms with Gasteiger partial charge in [-0.1, -0.05) is 36.8 Å². The Morgan fingerprint density at radius 2 is 2.00 bits per heavy atom. The highest BCUT2D eigenvalue weighted by Gasteiger charge is 2.27. The van der Waals surface area contributed by atoms with Gasteiger partial charge in [-0.15, -0.1) is 11.3 Å². The first-order valence-electron chi connectivity index (χ1n) is 8.23. The number of hydrogen-bond donors (Lipinski definition) is 2. The lowest BCUT2D eigenvalue weighted by atomic mass is 9.88. The van der Waals surface area contributed by atoms with Crippen molar-refractivity contribution >= 4 is 28.2 Å². The van der Waals surface area contributed by atoms with Crippen molar-refractivity contribution in [3.63, 3.8) is 0 Å². The van der Waals surface area contributed by atoms with Crippen molar-refractivity contribution in [3.8, 4) is 0 Å². The number of carbonyl (C=O) groups excluding carboxylic acids is 2. The summed E-state index contributed by atoms with van der Waals surface area (Å²) in [5.41, 5.74) is 9.25. The molecule has 2 aromatic rings.